The molecule has 0 spiro atoms. The maximum Gasteiger partial charge on any atom is 0.336 e. The SMILES string of the molecule is CC(C)C[C@H](C(=O)OCc1cc(=O)oc2cc3c(cc12)CCC3)N1C(=O)[C@H]2CC=CC[C@@H]2C1=O. The molecule has 3 aliphatic rings. The first-order valence-corrected chi connectivity index (χ1v) is 12.1. The zero-order chi connectivity index (χ0) is 24.0. The van der Waals surface area contributed by atoms with Crippen molar-refractivity contribution in [2.75, 3.05) is 0 Å². The summed E-state index contributed by atoms with van der Waals surface area (Å²) in [5, 5.41) is 0.749. The molecular weight excluding hydrogens is 434 g/mol. The average molecular weight is 464 g/mol. The Morgan fingerprint density at radius 1 is 1.03 bits per heavy atom. The lowest BCUT2D eigenvalue weighted by Crippen LogP contribution is -2.47. The number of allylic oxidation sites excluding steroid dienone is 2. The summed E-state index contributed by atoms with van der Waals surface area (Å²) in [4.78, 5) is 52.7. The van der Waals surface area contributed by atoms with Crippen LogP contribution in [0.3, 0.4) is 0 Å². The van der Waals surface area contributed by atoms with Crippen LogP contribution in [0.15, 0.2) is 39.6 Å². The fourth-order valence-electron chi connectivity index (χ4n) is 5.55. The molecule has 0 bridgehead atoms. The summed E-state index contributed by atoms with van der Waals surface area (Å²) >= 11 is 0. The summed E-state index contributed by atoms with van der Waals surface area (Å²) in [6, 6.07) is 4.30. The minimum atomic E-state index is -0.971. The monoisotopic (exact) mass is 463 g/mol. The Morgan fingerprint density at radius 2 is 1.68 bits per heavy atom. The third-order valence-electron chi connectivity index (χ3n) is 7.23. The average Bonchev–Trinajstić information content (AvgIpc) is 3.36. The smallest absolute Gasteiger partial charge is 0.336 e. The molecule has 1 aromatic carbocycles. The van der Waals surface area contributed by atoms with Crippen LogP contribution in [-0.2, 0) is 38.6 Å². The fourth-order valence-corrected chi connectivity index (χ4v) is 5.55. The third kappa shape index (κ3) is 3.97. The Labute approximate surface area is 197 Å². The van der Waals surface area contributed by atoms with Crippen molar-refractivity contribution in [1.29, 1.82) is 0 Å². The Balaban J connectivity index is 1.40. The summed E-state index contributed by atoms with van der Waals surface area (Å²) in [6.45, 7) is 3.76. The van der Waals surface area contributed by atoms with Gasteiger partial charge in [0.2, 0.25) is 11.8 Å². The van der Waals surface area contributed by atoms with Crippen molar-refractivity contribution in [3.05, 3.63) is 57.5 Å². The van der Waals surface area contributed by atoms with E-state index in [-0.39, 0.29) is 24.3 Å². The lowest BCUT2D eigenvalue weighted by molar-refractivity contribution is -0.160. The zero-order valence-corrected chi connectivity index (χ0v) is 19.5. The number of carbonyl (C=O) groups excluding carboxylic acids is 3. The molecule has 0 saturated carbocycles. The number of imide groups is 1. The van der Waals surface area contributed by atoms with Crippen molar-refractivity contribution < 1.29 is 23.5 Å². The van der Waals surface area contributed by atoms with E-state index in [9.17, 15) is 19.2 Å². The van der Waals surface area contributed by atoms with Gasteiger partial charge in [-0.3, -0.25) is 14.5 Å². The molecular formula is C27H29NO6. The largest absolute Gasteiger partial charge is 0.459 e. The fraction of sp³-hybridized carbons (Fsp3) is 0.481. The number of hydrogen-bond donors (Lipinski definition) is 0. The minimum Gasteiger partial charge on any atom is -0.459 e. The van der Waals surface area contributed by atoms with Crippen molar-refractivity contribution >= 4 is 28.8 Å². The van der Waals surface area contributed by atoms with Crippen molar-refractivity contribution in [3.63, 3.8) is 0 Å². The van der Waals surface area contributed by atoms with Gasteiger partial charge in [-0.2, -0.15) is 0 Å². The molecule has 7 heteroatoms. The number of aryl methyl sites for hydroxylation is 2. The molecule has 5 rings (SSSR count). The summed E-state index contributed by atoms with van der Waals surface area (Å²) in [7, 11) is 0. The number of ether oxygens (including phenoxy) is 1. The van der Waals surface area contributed by atoms with Gasteiger partial charge in [-0.15, -0.1) is 0 Å². The molecule has 2 aliphatic carbocycles. The number of likely N-dealkylation sites (tertiary alicyclic amines) is 1. The van der Waals surface area contributed by atoms with Gasteiger partial charge in [0.1, 0.15) is 18.2 Å². The van der Waals surface area contributed by atoms with Crippen LogP contribution in [-0.4, -0.2) is 28.7 Å². The maximum atomic E-state index is 13.3. The van der Waals surface area contributed by atoms with Gasteiger partial charge in [-0.25, -0.2) is 9.59 Å². The summed E-state index contributed by atoms with van der Waals surface area (Å²) in [5.74, 6) is -1.92. The second kappa shape index (κ2) is 8.85. The number of esters is 1. The highest BCUT2D eigenvalue weighted by molar-refractivity contribution is 6.08. The summed E-state index contributed by atoms with van der Waals surface area (Å²) < 4.78 is 11.1. The van der Waals surface area contributed by atoms with Gasteiger partial charge in [0, 0.05) is 17.0 Å². The zero-order valence-electron chi connectivity index (χ0n) is 19.5. The molecule has 1 fully saturated rings. The second-order valence-corrected chi connectivity index (χ2v) is 10.0. The Hall–Kier alpha value is -3.22. The molecule has 3 atom stereocenters. The number of amides is 2. The van der Waals surface area contributed by atoms with Crippen LogP contribution in [0.25, 0.3) is 11.0 Å². The van der Waals surface area contributed by atoms with Gasteiger partial charge in [-0.1, -0.05) is 26.0 Å². The van der Waals surface area contributed by atoms with Crippen LogP contribution in [0.1, 0.15) is 56.2 Å². The molecule has 1 aliphatic heterocycles. The molecule has 7 nitrogen and oxygen atoms in total. The molecule has 1 aromatic heterocycles. The van der Waals surface area contributed by atoms with Crippen LogP contribution in [0.5, 0.6) is 0 Å². The van der Waals surface area contributed by atoms with Gasteiger partial charge in [-0.05, 0) is 67.7 Å². The van der Waals surface area contributed by atoms with E-state index in [4.69, 9.17) is 9.15 Å². The first-order chi connectivity index (χ1) is 16.3. The molecule has 0 radical (unpaired) electrons. The normalized spacial score (nSPS) is 22.4. The van der Waals surface area contributed by atoms with E-state index in [1.165, 1.54) is 17.2 Å². The number of fused-ring (bicyclic) bond motifs is 3. The molecule has 178 valence electrons. The lowest BCUT2D eigenvalue weighted by Gasteiger charge is -2.26. The third-order valence-corrected chi connectivity index (χ3v) is 7.23. The number of carbonyl (C=O) groups is 3. The number of nitrogens with zero attached hydrogens (tertiary/aromatic N) is 1. The Kier molecular flexibility index (Phi) is 5.88. The topological polar surface area (TPSA) is 93.9 Å². The molecule has 2 aromatic rings. The van der Waals surface area contributed by atoms with E-state index < -0.39 is 29.5 Å². The van der Waals surface area contributed by atoms with Crippen molar-refractivity contribution in [1.82, 2.24) is 4.90 Å². The Morgan fingerprint density at radius 3 is 2.32 bits per heavy atom. The highest BCUT2D eigenvalue weighted by Gasteiger charge is 2.51. The van der Waals surface area contributed by atoms with Gasteiger partial charge < -0.3 is 9.15 Å². The summed E-state index contributed by atoms with van der Waals surface area (Å²) in [6.07, 6.45) is 8.21. The molecule has 2 heterocycles. The van der Waals surface area contributed by atoms with Crippen LogP contribution in [0.2, 0.25) is 0 Å². The maximum absolute atomic E-state index is 13.3. The molecule has 2 amide bonds. The second-order valence-electron chi connectivity index (χ2n) is 10.0. The molecule has 0 N–H and O–H groups in total. The number of hydrogen-bond acceptors (Lipinski definition) is 6. The van der Waals surface area contributed by atoms with E-state index >= 15 is 0 Å². The van der Waals surface area contributed by atoms with Gasteiger partial charge in [0.25, 0.3) is 0 Å². The van der Waals surface area contributed by atoms with E-state index in [2.05, 4.69) is 0 Å². The van der Waals surface area contributed by atoms with Crippen molar-refractivity contribution in [2.45, 2.75) is 65.0 Å². The highest BCUT2D eigenvalue weighted by atomic mass is 16.5. The van der Waals surface area contributed by atoms with Gasteiger partial charge in [0.15, 0.2) is 0 Å². The van der Waals surface area contributed by atoms with Crippen molar-refractivity contribution in [3.8, 4) is 0 Å². The van der Waals surface area contributed by atoms with E-state index in [0.29, 0.717) is 30.4 Å². The number of benzene rings is 1. The van der Waals surface area contributed by atoms with Crippen molar-refractivity contribution in [2.24, 2.45) is 17.8 Å². The predicted molar refractivity (Wildman–Crippen MR) is 125 cm³/mol. The standard InChI is InChI=1S/C27H29NO6/c1-15(2)10-22(28-25(30)19-8-3-4-9-20(19)26(28)31)27(32)33-14-18-13-24(29)34-23-12-17-7-5-6-16(17)11-21(18)23/h3-4,11-13,15,19-20,22H,5-10,14H2,1-2H3/t19-,20-,22+/m0/s1. The highest BCUT2D eigenvalue weighted by Crippen LogP contribution is 2.37. The molecule has 1 saturated heterocycles. The van der Waals surface area contributed by atoms with Gasteiger partial charge in [0.05, 0.1) is 11.8 Å². The predicted octanol–water partition coefficient (Wildman–Crippen LogP) is 3.69. The van der Waals surface area contributed by atoms with E-state index in [1.54, 1.807) is 0 Å². The Bertz CT molecular complexity index is 1230. The van der Waals surface area contributed by atoms with Crippen LogP contribution < -0.4 is 5.63 Å². The minimum absolute atomic E-state index is 0.0751. The van der Waals surface area contributed by atoms with Crippen LogP contribution in [0.4, 0.5) is 0 Å². The molecule has 0 unspecified atom stereocenters. The van der Waals surface area contributed by atoms with Crippen LogP contribution in [0, 0.1) is 17.8 Å². The van der Waals surface area contributed by atoms with E-state index in [0.717, 1.165) is 29.5 Å². The first kappa shape index (κ1) is 22.6. The quantitative estimate of drug-likeness (QED) is 0.281. The van der Waals surface area contributed by atoms with Crippen LogP contribution >= 0.6 is 0 Å². The van der Waals surface area contributed by atoms with E-state index in [1.807, 2.05) is 38.1 Å². The van der Waals surface area contributed by atoms with Gasteiger partial charge >= 0.3 is 11.6 Å². The molecule has 34 heavy (non-hydrogen) atoms. The summed E-state index contributed by atoms with van der Waals surface area (Å²) in [5.41, 5.74) is 2.95. The first-order valence-electron chi connectivity index (χ1n) is 12.1. The lowest BCUT2D eigenvalue weighted by atomic mass is 9.85. The number of rotatable bonds is 6.